The van der Waals surface area contributed by atoms with Gasteiger partial charge < -0.3 is 16.2 Å². The van der Waals surface area contributed by atoms with E-state index in [0.717, 1.165) is 6.20 Å². The van der Waals surface area contributed by atoms with E-state index in [4.69, 9.17) is 16.7 Å². The fraction of sp³-hybridized carbons (Fsp3) is 0.250. The van der Waals surface area contributed by atoms with Crippen LogP contribution in [0.25, 0.3) is 0 Å². The number of pyridine rings is 1. The number of hydrogen-bond donors (Lipinski definition) is 2. The van der Waals surface area contributed by atoms with Gasteiger partial charge in [0, 0.05) is 11.8 Å². The number of aromatic nitrogens is 1. The van der Waals surface area contributed by atoms with Crippen molar-refractivity contribution in [2.75, 3.05) is 11.5 Å². The standard InChI is InChI=1S/C8H7F3N4O/c9-8(10,11)16-6-5(13)4(1-2-12)3-15-7(6)14/h3H,1H2,(H4,13,14,15). The number of halogens is 3. The molecule has 8 heteroatoms. The molecule has 1 heterocycles. The number of ether oxygens (including phenoxy) is 1. The number of nitrogens with zero attached hydrogens (tertiary/aromatic N) is 2. The first-order valence-corrected chi connectivity index (χ1v) is 4.00. The number of hydrogen-bond acceptors (Lipinski definition) is 5. The van der Waals surface area contributed by atoms with Gasteiger partial charge >= 0.3 is 6.36 Å². The molecule has 0 radical (unpaired) electrons. The Hall–Kier alpha value is -2.17. The monoisotopic (exact) mass is 232 g/mol. The lowest BCUT2D eigenvalue weighted by Gasteiger charge is -2.14. The van der Waals surface area contributed by atoms with Gasteiger partial charge in [-0.25, -0.2) is 4.98 Å². The molecule has 0 spiro atoms. The van der Waals surface area contributed by atoms with Crippen LogP contribution >= 0.6 is 0 Å². The predicted molar refractivity (Wildman–Crippen MR) is 49.1 cm³/mol. The maximum atomic E-state index is 12.0. The second-order valence-corrected chi connectivity index (χ2v) is 2.79. The Kier molecular flexibility index (Phi) is 3.08. The summed E-state index contributed by atoms with van der Waals surface area (Å²) >= 11 is 0. The summed E-state index contributed by atoms with van der Waals surface area (Å²) < 4.78 is 39.6. The summed E-state index contributed by atoms with van der Waals surface area (Å²) in [6, 6.07) is 1.74. The summed E-state index contributed by atoms with van der Waals surface area (Å²) in [5, 5.41) is 8.41. The molecule has 0 aliphatic carbocycles. The van der Waals surface area contributed by atoms with Crippen molar-refractivity contribution in [2.24, 2.45) is 0 Å². The molecule has 16 heavy (non-hydrogen) atoms. The first-order chi connectivity index (χ1) is 7.35. The summed E-state index contributed by atoms with van der Waals surface area (Å²) in [5.74, 6) is -1.24. The molecule has 0 saturated heterocycles. The first-order valence-electron chi connectivity index (χ1n) is 4.00. The molecule has 0 unspecified atom stereocenters. The highest BCUT2D eigenvalue weighted by Crippen LogP contribution is 2.34. The largest absolute Gasteiger partial charge is 0.573 e. The molecule has 1 aromatic heterocycles. The quantitative estimate of drug-likeness (QED) is 0.798. The van der Waals surface area contributed by atoms with Crippen molar-refractivity contribution in [1.29, 1.82) is 5.26 Å². The van der Waals surface area contributed by atoms with Crippen molar-refractivity contribution >= 4 is 11.5 Å². The highest BCUT2D eigenvalue weighted by Gasteiger charge is 2.33. The second-order valence-electron chi connectivity index (χ2n) is 2.79. The maximum Gasteiger partial charge on any atom is 0.573 e. The van der Waals surface area contributed by atoms with Gasteiger partial charge in [-0.2, -0.15) is 5.26 Å². The number of rotatable bonds is 2. The minimum absolute atomic E-state index is 0.135. The SMILES string of the molecule is N#CCc1cnc(N)c(OC(F)(F)F)c1N. The average Bonchev–Trinajstić information content (AvgIpc) is 2.16. The van der Waals surface area contributed by atoms with E-state index in [1.165, 1.54) is 0 Å². The van der Waals surface area contributed by atoms with E-state index in [0.29, 0.717) is 0 Å². The lowest BCUT2D eigenvalue weighted by atomic mass is 10.2. The molecular formula is C8H7F3N4O. The van der Waals surface area contributed by atoms with Crippen molar-refractivity contribution in [2.45, 2.75) is 12.8 Å². The Morgan fingerprint density at radius 3 is 2.56 bits per heavy atom. The van der Waals surface area contributed by atoms with Gasteiger partial charge in [-0.15, -0.1) is 13.2 Å². The van der Waals surface area contributed by atoms with Crippen LogP contribution in [0.4, 0.5) is 24.7 Å². The van der Waals surface area contributed by atoms with E-state index >= 15 is 0 Å². The van der Waals surface area contributed by atoms with Crippen molar-refractivity contribution in [3.05, 3.63) is 11.8 Å². The number of nitrogens with two attached hydrogens (primary N) is 2. The third kappa shape index (κ3) is 2.66. The van der Waals surface area contributed by atoms with Crippen molar-refractivity contribution in [3.63, 3.8) is 0 Å². The van der Waals surface area contributed by atoms with E-state index in [2.05, 4.69) is 9.72 Å². The number of nitrogen functional groups attached to an aromatic ring is 2. The molecule has 0 atom stereocenters. The normalized spacial score (nSPS) is 10.9. The Labute approximate surface area is 88.4 Å². The molecule has 4 N–H and O–H groups in total. The van der Waals surface area contributed by atoms with Crippen LogP contribution in [0, 0.1) is 11.3 Å². The Morgan fingerprint density at radius 2 is 2.06 bits per heavy atom. The summed E-state index contributed by atoms with van der Waals surface area (Å²) in [4.78, 5) is 3.46. The molecule has 0 saturated carbocycles. The fourth-order valence-corrected chi connectivity index (χ4v) is 1.01. The Morgan fingerprint density at radius 1 is 1.44 bits per heavy atom. The average molecular weight is 232 g/mol. The van der Waals surface area contributed by atoms with Crippen LogP contribution in [0.2, 0.25) is 0 Å². The van der Waals surface area contributed by atoms with Crippen LogP contribution in [0.5, 0.6) is 5.75 Å². The molecule has 0 fully saturated rings. The molecule has 0 aliphatic heterocycles. The topological polar surface area (TPSA) is 98.0 Å². The van der Waals surface area contributed by atoms with Crippen molar-refractivity contribution in [1.82, 2.24) is 4.98 Å². The van der Waals surface area contributed by atoms with Crippen LogP contribution in [0.3, 0.4) is 0 Å². The highest BCUT2D eigenvalue weighted by molar-refractivity contribution is 5.67. The minimum atomic E-state index is -4.91. The third-order valence-electron chi connectivity index (χ3n) is 1.67. The van der Waals surface area contributed by atoms with E-state index < -0.39 is 17.9 Å². The smallest absolute Gasteiger partial charge is 0.400 e. The minimum Gasteiger partial charge on any atom is -0.400 e. The number of anilines is 2. The zero-order valence-electron chi connectivity index (χ0n) is 7.88. The summed E-state index contributed by atoms with van der Waals surface area (Å²) in [5.41, 5.74) is 10.4. The van der Waals surface area contributed by atoms with Gasteiger partial charge in [0.2, 0.25) is 0 Å². The molecule has 0 amide bonds. The van der Waals surface area contributed by atoms with Gasteiger partial charge in [0.25, 0.3) is 0 Å². The molecule has 1 rings (SSSR count). The lowest BCUT2D eigenvalue weighted by molar-refractivity contribution is -0.274. The molecule has 0 aliphatic rings. The van der Waals surface area contributed by atoms with Gasteiger partial charge in [0.05, 0.1) is 18.2 Å². The summed E-state index contributed by atoms with van der Waals surface area (Å²) in [6.07, 6.45) is -3.94. The summed E-state index contributed by atoms with van der Waals surface area (Å²) in [6.45, 7) is 0. The molecule has 0 aromatic carbocycles. The lowest BCUT2D eigenvalue weighted by Crippen LogP contribution is -2.20. The third-order valence-corrected chi connectivity index (χ3v) is 1.67. The molecule has 0 bridgehead atoms. The van der Waals surface area contributed by atoms with Gasteiger partial charge in [0.15, 0.2) is 11.6 Å². The van der Waals surface area contributed by atoms with Gasteiger partial charge in [0.1, 0.15) is 0 Å². The van der Waals surface area contributed by atoms with Crippen molar-refractivity contribution in [3.8, 4) is 11.8 Å². The van der Waals surface area contributed by atoms with Gasteiger partial charge in [-0.05, 0) is 0 Å². The van der Waals surface area contributed by atoms with E-state index in [-0.39, 0.29) is 17.7 Å². The fourth-order valence-electron chi connectivity index (χ4n) is 1.01. The van der Waals surface area contributed by atoms with Gasteiger partial charge in [-0.3, -0.25) is 0 Å². The van der Waals surface area contributed by atoms with Crippen LogP contribution in [0.15, 0.2) is 6.20 Å². The number of nitriles is 1. The summed E-state index contributed by atoms with van der Waals surface area (Å²) in [7, 11) is 0. The zero-order chi connectivity index (χ0) is 12.3. The molecule has 1 aromatic rings. The van der Waals surface area contributed by atoms with E-state index in [1.807, 2.05) is 0 Å². The Bertz CT molecular complexity index is 438. The van der Waals surface area contributed by atoms with Crippen molar-refractivity contribution < 1.29 is 17.9 Å². The van der Waals surface area contributed by atoms with Crippen LogP contribution in [-0.4, -0.2) is 11.3 Å². The maximum absolute atomic E-state index is 12.0. The Balaban J connectivity index is 3.17. The van der Waals surface area contributed by atoms with E-state index in [1.54, 1.807) is 6.07 Å². The molecule has 5 nitrogen and oxygen atoms in total. The highest BCUT2D eigenvalue weighted by atomic mass is 19.4. The van der Waals surface area contributed by atoms with Crippen LogP contribution in [0.1, 0.15) is 5.56 Å². The van der Waals surface area contributed by atoms with Crippen LogP contribution < -0.4 is 16.2 Å². The molecule has 86 valence electrons. The van der Waals surface area contributed by atoms with E-state index in [9.17, 15) is 13.2 Å². The number of alkyl halides is 3. The predicted octanol–water partition coefficient (Wildman–Crippen LogP) is 1.21. The van der Waals surface area contributed by atoms with Gasteiger partial charge in [-0.1, -0.05) is 0 Å². The first kappa shape index (κ1) is 11.9. The second kappa shape index (κ2) is 4.14. The molecular weight excluding hydrogens is 225 g/mol. The zero-order valence-corrected chi connectivity index (χ0v) is 7.88. The van der Waals surface area contributed by atoms with Crippen LogP contribution in [-0.2, 0) is 6.42 Å².